The first-order valence-electron chi connectivity index (χ1n) is 9.26. The molecule has 1 aliphatic rings. The lowest BCUT2D eigenvalue weighted by molar-refractivity contribution is 0.0527. The Morgan fingerprint density at radius 2 is 1.93 bits per heavy atom. The highest BCUT2D eigenvalue weighted by Gasteiger charge is 2.20. The number of anilines is 2. The van der Waals surface area contributed by atoms with Crippen LogP contribution in [0.4, 0.5) is 11.5 Å². The molecule has 1 aromatic heterocycles. The lowest BCUT2D eigenvalue weighted by Gasteiger charge is -2.14. The summed E-state index contributed by atoms with van der Waals surface area (Å²) in [7, 11) is 0. The molecule has 1 amide bonds. The maximum absolute atomic E-state index is 12.5. The zero-order chi connectivity index (χ0) is 19.2. The van der Waals surface area contributed by atoms with Gasteiger partial charge in [0.2, 0.25) is 0 Å². The van der Waals surface area contributed by atoms with Crippen LogP contribution in [0.3, 0.4) is 0 Å². The van der Waals surface area contributed by atoms with Crippen LogP contribution in [0.15, 0.2) is 30.3 Å². The SMILES string of the molecule is CCOC(=O)c1ccccc1Nc1cc(C(=O)NC2CCCC2)nc(C)n1. The van der Waals surface area contributed by atoms with Crippen LogP contribution in [0.25, 0.3) is 0 Å². The van der Waals surface area contributed by atoms with Crippen molar-refractivity contribution in [3.63, 3.8) is 0 Å². The summed E-state index contributed by atoms with van der Waals surface area (Å²) in [4.78, 5) is 33.2. The third-order valence-corrected chi connectivity index (χ3v) is 4.45. The number of hydrogen-bond donors (Lipinski definition) is 2. The van der Waals surface area contributed by atoms with Gasteiger partial charge in [-0.3, -0.25) is 4.79 Å². The molecule has 0 aliphatic heterocycles. The number of nitrogens with zero attached hydrogens (tertiary/aromatic N) is 2. The van der Waals surface area contributed by atoms with Crippen LogP contribution in [0.5, 0.6) is 0 Å². The van der Waals surface area contributed by atoms with Crippen molar-refractivity contribution in [2.45, 2.75) is 45.6 Å². The van der Waals surface area contributed by atoms with Gasteiger partial charge in [0, 0.05) is 12.1 Å². The van der Waals surface area contributed by atoms with Gasteiger partial charge in [-0.15, -0.1) is 0 Å². The second kappa shape index (κ2) is 8.62. The molecule has 1 aromatic carbocycles. The first-order valence-corrected chi connectivity index (χ1v) is 9.26. The fourth-order valence-corrected chi connectivity index (χ4v) is 3.19. The summed E-state index contributed by atoms with van der Waals surface area (Å²) >= 11 is 0. The Labute approximate surface area is 158 Å². The van der Waals surface area contributed by atoms with Crippen molar-refractivity contribution in [3.8, 4) is 0 Å². The smallest absolute Gasteiger partial charge is 0.340 e. The van der Waals surface area contributed by atoms with E-state index in [1.54, 1.807) is 38.1 Å². The molecule has 142 valence electrons. The molecule has 0 spiro atoms. The molecule has 27 heavy (non-hydrogen) atoms. The molecule has 1 heterocycles. The van der Waals surface area contributed by atoms with Crippen molar-refractivity contribution in [1.82, 2.24) is 15.3 Å². The van der Waals surface area contributed by atoms with Gasteiger partial charge in [-0.05, 0) is 38.8 Å². The van der Waals surface area contributed by atoms with Crippen molar-refractivity contribution < 1.29 is 14.3 Å². The van der Waals surface area contributed by atoms with E-state index in [0.29, 0.717) is 35.2 Å². The van der Waals surface area contributed by atoms with E-state index in [1.807, 2.05) is 6.07 Å². The Morgan fingerprint density at radius 3 is 2.67 bits per heavy atom. The van der Waals surface area contributed by atoms with Crippen LogP contribution in [0.2, 0.25) is 0 Å². The summed E-state index contributed by atoms with van der Waals surface area (Å²) in [6, 6.07) is 8.84. The van der Waals surface area contributed by atoms with E-state index in [4.69, 9.17) is 4.74 Å². The standard InChI is InChI=1S/C20H24N4O3/c1-3-27-20(26)15-10-6-7-11-16(15)24-18-12-17(21-13(2)22-18)19(25)23-14-8-4-5-9-14/h6-7,10-12,14H,3-5,8-9H2,1-2H3,(H,23,25)(H,21,22,24). The maximum atomic E-state index is 12.5. The highest BCUT2D eigenvalue weighted by Crippen LogP contribution is 2.22. The minimum Gasteiger partial charge on any atom is -0.462 e. The molecular weight excluding hydrogens is 344 g/mol. The molecule has 2 N–H and O–H groups in total. The zero-order valence-electron chi connectivity index (χ0n) is 15.6. The first kappa shape index (κ1) is 18.8. The number of carbonyl (C=O) groups excluding carboxylic acids is 2. The van der Waals surface area contributed by atoms with Gasteiger partial charge in [0.05, 0.1) is 17.9 Å². The van der Waals surface area contributed by atoms with Crippen LogP contribution >= 0.6 is 0 Å². The minimum absolute atomic E-state index is 0.200. The predicted molar refractivity (Wildman–Crippen MR) is 102 cm³/mol. The van der Waals surface area contributed by atoms with Crippen LogP contribution in [-0.2, 0) is 4.74 Å². The molecule has 0 atom stereocenters. The molecule has 1 aliphatic carbocycles. The van der Waals surface area contributed by atoms with Gasteiger partial charge in [-0.25, -0.2) is 14.8 Å². The number of rotatable bonds is 6. The van der Waals surface area contributed by atoms with Gasteiger partial charge in [0.15, 0.2) is 0 Å². The number of ether oxygens (including phenoxy) is 1. The first-order chi connectivity index (χ1) is 13.1. The van der Waals surface area contributed by atoms with E-state index in [2.05, 4.69) is 20.6 Å². The summed E-state index contributed by atoms with van der Waals surface area (Å²) in [6.45, 7) is 3.79. The summed E-state index contributed by atoms with van der Waals surface area (Å²) in [6.07, 6.45) is 4.30. The third-order valence-electron chi connectivity index (χ3n) is 4.45. The van der Waals surface area contributed by atoms with Crippen LogP contribution in [0, 0.1) is 6.92 Å². The zero-order valence-corrected chi connectivity index (χ0v) is 15.6. The maximum Gasteiger partial charge on any atom is 0.340 e. The largest absolute Gasteiger partial charge is 0.462 e. The lowest BCUT2D eigenvalue weighted by Crippen LogP contribution is -2.33. The van der Waals surface area contributed by atoms with E-state index in [-0.39, 0.29) is 11.9 Å². The van der Waals surface area contributed by atoms with Crippen molar-refractivity contribution in [3.05, 3.63) is 47.4 Å². The molecule has 3 rings (SSSR count). The number of hydrogen-bond acceptors (Lipinski definition) is 6. The molecule has 0 bridgehead atoms. The van der Waals surface area contributed by atoms with Crippen LogP contribution in [0.1, 0.15) is 59.3 Å². The Kier molecular flexibility index (Phi) is 6.01. The molecular formula is C20H24N4O3. The molecule has 1 saturated carbocycles. The third kappa shape index (κ3) is 4.81. The van der Waals surface area contributed by atoms with Gasteiger partial charge >= 0.3 is 5.97 Å². The van der Waals surface area contributed by atoms with Gasteiger partial charge in [-0.1, -0.05) is 25.0 Å². The number of carbonyl (C=O) groups is 2. The second-order valence-electron chi connectivity index (χ2n) is 6.53. The number of aromatic nitrogens is 2. The van der Waals surface area contributed by atoms with E-state index in [9.17, 15) is 9.59 Å². The second-order valence-corrected chi connectivity index (χ2v) is 6.53. The number of benzene rings is 1. The van der Waals surface area contributed by atoms with Crippen molar-refractivity contribution in [1.29, 1.82) is 0 Å². The molecule has 0 radical (unpaired) electrons. The molecule has 7 heteroatoms. The molecule has 0 saturated heterocycles. The Bertz CT molecular complexity index is 832. The number of esters is 1. The number of para-hydroxylation sites is 1. The topological polar surface area (TPSA) is 93.2 Å². The Balaban J connectivity index is 1.81. The normalized spacial score (nSPS) is 14.0. The van der Waals surface area contributed by atoms with Gasteiger partial charge in [0.1, 0.15) is 17.3 Å². The van der Waals surface area contributed by atoms with Gasteiger partial charge in [-0.2, -0.15) is 0 Å². The number of aryl methyl sites for hydroxylation is 1. The minimum atomic E-state index is -0.412. The molecule has 0 unspecified atom stereocenters. The number of amides is 1. The Morgan fingerprint density at radius 1 is 1.19 bits per heavy atom. The summed E-state index contributed by atoms with van der Waals surface area (Å²) in [5.41, 5.74) is 1.29. The summed E-state index contributed by atoms with van der Waals surface area (Å²) in [5, 5.41) is 6.14. The van der Waals surface area contributed by atoms with Crippen LogP contribution in [-0.4, -0.2) is 34.5 Å². The van der Waals surface area contributed by atoms with Gasteiger partial charge in [0.25, 0.3) is 5.91 Å². The average Bonchev–Trinajstić information content (AvgIpc) is 3.15. The molecule has 2 aromatic rings. The molecule has 1 fully saturated rings. The highest BCUT2D eigenvalue weighted by atomic mass is 16.5. The van der Waals surface area contributed by atoms with Crippen molar-refractivity contribution in [2.24, 2.45) is 0 Å². The van der Waals surface area contributed by atoms with E-state index in [1.165, 1.54) is 0 Å². The number of nitrogens with one attached hydrogen (secondary N) is 2. The van der Waals surface area contributed by atoms with Crippen LogP contribution < -0.4 is 10.6 Å². The monoisotopic (exact) mass is 368 g/mol. The van der Waals surface area contributed by atoms with E-state index >= 15 is 0 Å². The Hall–Kier alpha value is -2.96. The fraction of sp³-hybridized carbons (Fsp3) is 0.400. The average molecular weight is 368 g/mol. The van der Waals surface area contributed by atoms with Gasteiger partial charge < -0.3 is 15.4 Å². The quantitative estimate of drug-likeness (QED) is 0.759. The summed E-state index contributed by atoms with van der Waals surface area (Å²) in [5.74, 6) is 0.320. The lowest BCUT2D eigenvalue weighted by atomic mass is 10.1. The predicted octanol–water partition coefficient (Wildman–Crippen LogP) is 3.38. The van der Waals surface area contributed by atoms with Crippen molar-refractivity contribution >= 4 is 23.4 Å². The summed E-state index contributed by atoms with van der Waals surface area (Å²) < 4.78 is 5.09. The van der Waals surface area contributed by atoms with E-state index < -0.39 is 5.97 Å². The van der Waals surface area contributed by atoms with Crippen molar-refractivity contribution in [2.75, 3.05) is 11.9 Å². The molecule has 7 nitrogen and oxygen atoms in total. The highest BCUT2D eigenvalue weighted by molar-refractivity contribution is 5.97. The van der Waals surface area contributed by atoms with E-state index in [0.717, 1.165) is 25.7 Å². The fourth-order valence-electron chi connectivity index (χ4n) is 3.19.